The third-order valence-electron chi connectivity index (χ3n) is 4.37. The van der Waals surface area contributed by atoms with Gasteiger partial charge in [0.2, 0.25) is 15.3 Å². The maximum absolute atomic E-state index is 12.5. The molecule has 0 spiro atoms. The quantitative estimate of drug-likeness (QED) is 0.728. The standard InChI is InChI=1S/C17H22ClN5O2S/c1-23-10-7-14(8-11-23)22-26(24,25)15-4-2-13(3-5-15)12-20-16-6-9-19-17(18)21-16/h2-6,9,14,22H,7-8,10-12H2,1H3,(H,19,20,21). The fraction of sp³-hybridized carbons (Fsp3) is 0.412. The number of piperidine rings is 1. The van der Waals surface area contributed by atoms with Gasteiger partial charge in [-0.15, -0.1) is 0 Å². The second kappa shape index (κ2) is 8.30. The molecule has 2 heterocycles. The molecule has 0 amide bonds. The molecule has 1 fully saturated rings. The first-order valence-corrected chi connectivity index (χ1v) is 10.3. The van der Waals surface area contributed by atoms with Crippen molar-refractivity contribution in [1.29, 1.82) is 0 Å². The lowest BCUT2D eigenvalue weighted by atomic mass is 10.1. The summed E-state index contributed by atoms with van der Waals surface area (Å²) in [6.07, 6.45) is 3.24. The van der Waals surface area contributed by atoms with Crippen molar-refractivity contribution >= 4 is 27.4 Å². The smallest absolute Gasteiger partial charge is 0.240 e. The molecular formula is C17H22ClN5O2S. The Balaban J connectivity index is 1.59. The Bertz CT molecular complexity index is 836. The van der Waals surface area contributed by atoms with Crippen molar-refractivity contribution < 1.29 is 8.42 Å². The molecule has 0 saturated carbocycles. The highest BCUT2D eigenvalue weighted by Gasteiger charge is 2.23. The summed E-state index contributed by atoms with van der Waals surface area (Å²) in [4.78, 5) is 10.4. The molecule has 2 aromatic rings. The Morgan fingerprint density at radius 3 is 2.54 bits per heavy atom. The van der Waals surface area contributed by atoms with Crippen molar-refractivity contribution in [2.75, 3.05) is 25.5 Å². The minimum Gasteiger partial charge on any atom is -0.366 e. The number of benzene rings is 1. The third-order valence-corrected chi connectivity index (χ3v) is 6.09. The highest BCUT2D eigenvalue weighted by atomic mass is 35.5. The van der Waals surface area contributed by atoms with Gasteiger partial charge in [0, 0.05) is 18.8 Å². The second-order valence-corrected chi connectivity index (χ2v) is 8.46. The number of likely N-dealkylation sites (tertiary alicyclic amines) is 1. The average Bonchev–Trinajstić information content (AvgIpc) is 2.62. The molecule has 2 N–H and O–H groups in total. The van der Waals surface area contributed by atoms with Crippen LogP contribution in [0.3, 0.4) is 0 Å². The van der Waals surface area contributed by atoms with Crippen LogP contribution in [-0.4, -0.2) is 49.5 Å². The number of nitrogens with one attached hydrogen (secondary N) is 2. The number of aromatic nitrogens is 2. The summed E-state index contributed by atoms with van der Waals surface area (Å²) < 4.78 is 27.9. The highest BCUT2D eigenvalue weighted by Crippen LogP contribution is 2.16. The van der Waals surface area contributed by atoms with E-state index < -0.39 is 10.0 Å². The molecular weight excluding hydrogens is 374 g/mol. The summed E-state index contributed by atoms with van der Waals surface area (Å²) in [5, 5.41) is 3.30. The third kappa shape index (κ3) is 5.14. The fourth-order valence-corrected chi connectivity index (χ4v) is 4.28. The van der Waals surface area contributed by atoms with Crippen LogP contribution in [0, 0.1) is 0 Å². The lowest BCUT2D eigenvalue weighted by Gasteiger charge is -2.29. The van der Waals surface area contributed by atoms with Gasteiger partial charge in [0.15, 0.2) is 0 Å². The fourth-order valence-electron chi connectivity index (χ4n) is 2.83. The Morgan fingerprint density at radius 2 is 1.88 bits per heavy atom. The number of nitrogens with zero attached hydrogens (tertiary/aromatic N) is 3. The van der Waals surface area contributed by atoms with Gasteiger partial charge in [0.1, 0.15) is 5.82 Å². The molecule has 26 heavy (non-hydrogen) atoms. The van der Waals surface area contributed by atoms with Gasteiger partial charge in [0.05, 0.1) is 4.90 Å². The molecule has 0 atom stereocenters. The van der Waals surface area contributed by atoms with Crippen LogP contribution in [0.25, 0.3) is 0 Å². The predicted molar refractivity (Wildman–Crippen MR) is 102 cm³/mol. The number of rotatable bonds is 6. The predicted octanol–water partition coefficient (Wildman–Crippen LogP) is 2.11. The van der Waals surface area contributed by atoms with Gasteiger partial charge in [-0.1, -0.05) is 12.1 Å². The van der Waals surface area contributed by atoms with E-state index in [-0.39, 0.29) is 16.2 Å². The van der Waals surface area contributed by atoms with Crippen molar-refractivity contribution in [3.8, 4) is 0 Å². The maximum atomic E-state index is 12.5. The summed E-state index contributed by atoms with van der Waals surface area (Å²) in [7, 11) is -1.45. The Kier molecular flexibility index (Phi) is 6.08. The topological polar surface area (TPSA) is 87.2 Å². The Hall–Kier alpha value is -1.74. The zero-order chi connectivity index (χ0) is 18.6. The molecule has 1 aliphatic rings. The highest BCUT2D eigenvalue weighted by molar-refractivity contribution is 7.89. The summed E-state index contributed by atoms with van der Waals surface area (Å²) >= 11 is 5.75. The number of hydrogen-bond donors (Lipinski definition) is 2. The first kappa shape index (κ1) is 19.0. The van der Waals surface area contributed by atoms with Crippen molar-refractivity contribution in [3.05, 3.63) is 47.4 Å². The number of hydrogen-bond acceptors (Lipinski definition) is 6. The van der Waals surface area contributed by atoms with Crippen molar-refractivity contribution in [2.24, 2.45) is 0 Å². The molecule has 9 heteroatoms. The largest absolute Gasteiger partial charge is 0.366 e. The van der Waals surface area contributed by atoms with E-state index in [2.05, 4.69) is 24.9 Å². The summed E-state index contributed by atoms with van der Waals surface area (Å²) in [6.45, 7) is 2.33. The Morgan fingerprint density at radius 1 is 1.19 bits per heavy atom. The molecule has 0 bridgehead atoms. The molecule has 1 aliphatic heterocycles. The van der Waals surface area contributed by atoms with Gasteiger partial charge >= 0.3 is 0 Å². The first-order valence-electron chi connectivity index (χ1n) is 8.44. The van der Waals surface area contributed by atoms with E-state index in [0.717, 1.165) is 31.5 Å². The molecule has 3 rings (SSSR count). The molecule has 1 aromatic heterocycles. The van der Waals surface area contributed by atoms with Gasteiger partial charge in [0.25, 0.3) is 0 Å². The van der Waals surface area contributed by atoms with Crippen LogP contribution in [0.1, 0.15) is 18.4 Å². The van der Waals surface area contributed by atoms with Gasteiger partial charge in [-0.25, -0.2) is 23.1 Å². The zero-order valence-corrected chi connectivity index (χ0v) is 16.1. The Labute approximate surface area is 158 Å². The number of sulfonamides is 1. The summed E-state index contributed by atoms with van der Waals surface area (Å²) in [5.41, 5.74) is 0.943. The molecule has 0 aliphatic carbocycles. The lowest BCUT2D eigenvalue weighted by molar-refractivity contribution is 0.248. The van der Waals surface area contributed by atoms with Crippen LogP contribution in [0.2, 0.25) is 5.28 Å². The monoisotopic (exact) mass is 395 g/mol. The zero-order valence-electron chi connectivity index (χ0n) is 14.5. The van der Waals surface area contributed by atoms with E-state index in [1.54, 1.807) is 36.5 Å². The first-order chi connectivity index (χ1) is 12.4. The van der Waals surface area contributed by atoms with Crippen LogP contribution in [0.5, 0.6) is 0 Å². The average molecular weight is 396 g/mol. The van der Waals surface area contributed by atoms with Crippen LogP contribution in [0.4, 0.5) is 5.82 Å². The van der Waals surface area contributed by atoms with Crippen LogP contribution in [-0.2, 0) is 16.6 Å². The van der Waals surface area contributed by atoms with Crippen LogP contribution in [0.15, 0.2) is 41.4 Å². The SMILES string of the molecule is CN1CCC(NS(=O)(=O)c2ccc(CNc3ccnc(Cl)n3)cc2)CC1. The molecule has 1 saturated heterocycles. The van der Waals surface area contributed by atoms with Gasteiger partial charge in [-0.3, -0.25) is 0 Å². The van der Waals surface area contributed by atoms with E-state index >= 15 is 0 Å². The normalized spacial score (nSPS) is 16.5. The van der Waals surface area contributed by atoms with Gasteiger partial charge in [-0.2, -0.15) is 0 Å². The molecule has 0 unspecified atom stereocenters. The van der Waals surface area contributed by atoms with Crippen LogP contribution < -0.4 is 10.0 Å². The molecule has 1 aromatic carbocycles. The van der Waals surface area contributed by atoms with Crippen molar-refractivity contribution in [3.63, 3.8) is 0 Å². The number of anilines is 1. The van der Waals surface area contributed by atoms with E-state index in [9.17, 15) is 8.42 Å². The van der Waals surface area contributed by atoms with Crippen molar-refractivity contribution in [2.45, 2.75) is 30.3 Å². The van der Waals surface area contributed by atoms with E-state index in [1.165, 1.54) is 0 Å². The number of halogens is 1. The van der Waals surface area contributed by atoms with Gasteiger partial charge < -0.3 is 10.2 Å². The maximum Gasteiger partial charge on any atom is 0.240 e. The second-order valence-electron chi connectivity index (χ2n) is 6.41. The minimum atomic E-state index is -3.49. The summed E-state index contributed by atoms with van der Waals surface area (Å²) in [5.74, 6) is 0.616. The molecule has 7 nitrogen and oxygen atoms in total. The van der Waals surface area contributed by atoms with Gasteiger partial charge in [-0.05, 0) is 68.3 Å². The summed E-state index contributed by atoms with van der Waals surface area (Å²) in [6, 6.07) is 8.55. The van der Waals surface area contributed by atoms with E-state index in [0.29, 0.717) is 12.4 Å². The molecule has 140 valence electrons. The van der Waals surface area contributed by atoms with Crippen molar-refractivity contribution in [1.82, 2.24) is 19.6 Å². The van der Waals surface area contributed by atoms with E-state index in [4.69, 9.17) is 11.6 Å². The van der Waals surface area contributed by atoms with E-state index in [1.807, 2.05) is 7.05 Å². The van der Waals surface area contributed by atoms with Crippen LogP contribution >= 0.6 is 11.6 Å². The lowest BCUT2D eigenvalue weighted by Crippen LogP contribution is -2.43. The minimum absolute atomic E-state index is 0.0000520. The molecule has 0 radical (unpaired) electrons.